The number of hydrogen-bond donors (Lipinski definition) is 1. The molecule has 0 fully saturated rings. The monoisotopic (exact) mass is 238 g/mol. The van der Waals surface area contributed by atoms with Crippen molar-refractivity contribution in [3.05, 3.63) is 47.5 Å². The average Bonchev–Trinajstić information content (AvgIpc) is 2.77. The van der Waals surface area contributed by atoms with Crippen molar-refractivity contribution >= 4 is 16.8 Å². The molecule has 3 rings (SSSR count). The molecule has 3 nitrogen and oxygen atoms in total. The van der Waals surface area contributed by atoms with Gasteiger partial charge >= 0.3 is 0 Å². The molecule has 0 atom stereocenters. The summed E-state index contributed by atoms with van der Waals surface area (Å²) in [5.74, 6) is 0.584. The zero-order valence-electron chi connectivity index (χ0n) is 10.4. The summed E-state index contributed by atoms with van der Waals surface area (Å²) < 4.78 is 5.75. The SMILES string of the molecule is Cc1cc(C)c(N)c(-c2nc3ccccc3o2)c1. The first kappa shape index (κ1) is 10.8. The van der Waals surface area contributed by atoms with Crippen molar-refractivity contribution in [2.45, 2.75) is 13.8 Å². The van der Waals surface area contributed by atoms with Crippen LogP contribution >= 0.6 is 0 Å². The van der Waals surface area contributed by atoms with Crippen molar-refractivity contribution in [3.8, 4) is 11.5 Å². The Hall–Kier alpha value is -2.29. The normalized spacial score (nSPS) is 11.0. The summed E-state index contributed by atoms with van der Waals surface area (Å²) in [6.45, 7) is 4.03. The smallest absolute Gasteiger partial charge is 0.229 e. The molecule has 0 bridgehead atoms. The maximum atomic E-state index is 6.11. The molecule has 3 aromatic rings. The number of oxazole rings is 1. The van der Waals surface area contributed by atoms with Gasteiger partial charge in [-0.05, 0) is 43.2 Å². The van der Waals surface area contributed by atoms with Crippen LogP contribution in [0.5, 0.6) is 0 Å². The van der Waals surface area contributed by atoms with Crippen LogP contribution in [0.15, 0.2) is 40.8 Å². The Kier molecular flexibility index (Phi) is 2.33. The van der Waals surface area contributed by atoms with E-state index in [-0.39, 0.29) is 0 Å². The molecule has 1 heterocycles. The summed E-state index contributed by atoms with van der Waals surface area (Å²) >= 11 is 0. The van der Waals surface area contributed by atoms with Gasteiger partial charge < -0.3 is 10.2 Å². The lowest BCUT2D eigenvalue weighted by molar-refractivity contribution is 0.620. The largest absolute Gasteiger partial charge is 0.436 e. The first-order valence-electron chi connectivity index (χ1n) is 5.88. The van der Waals surface area contributed by atoms with Gasteiger partial charge in [-0.15, -0.1) is 0 Å². The van der Waals surface area contributed by atoms with Crippen LogP contribution in [0.2, 0.25) is 0 Å². The molecule has 0 aliphatic heterocycles. The van der Waals surface area contributed by atoms with Crippen molar-refractivity contribution in [1.29, 1.82) is 0 Å². The van der Waals surface area contributed by atoms with E-state index >= 15 is 0 Å². The summed E-state index contributed by atoms with van der Waals surface area (Å²) in [5.41, 5.74) is 11.5. The number of fused-ring (bicyclic) bond motifs is 1. The van der Waals surface area contributed by atoms with Crippen LogP contribution < -0.4 is 5.73 Å². The van der Waals surface area contributed by atoms with E-state index in [0.29, 0.717) is 5.89 Å². The first-order chi connectivity index (χ1) is 8.65. The second-order valence-electron chi connectivity index (χ2n) is 4.53. The van der Waals surface area contributed by atoms with E-state index in [1.807, 2.05) is 44.2 Å². The topological polar surface area (TPSA) is 52.0 Å². The first-order valence-corrected chi connectivity index (χ1v) is 5.88. The van der Waals surface area contributed by atoms with Crippen molar-refractivity contribution in [2.75, 3.05) is 5.73 Å². The fourth-order valence-corrected chi connectivity index (χ4v) is 2.14. The lowest BCUT2D eigenvalue weighted by Gasteiger charge is -2.06. The molecule has 0 radical (unpaired) electrons. The van der Waals surface area contributed by atoms with Crippen LogP contribution in [0.1, 0.15) is 11.1 Å². The number of nitrogen functional groups attached to an aromatic ring is 1. The Morgan fingerprint density at radius 2 is 1.89 bits per heavy atom. The van der Waals surface area contributed by atoms with Crippen LogP contribution in [-0.4, -0.2) is 4.98 Å². The van der Waals surface area contributed by atoms with Gasteiger partial charge in [0.15, 0.2) is 5.58 Å². The molecule has 0 saturated heterocycles. The standard InChI is InChI=1S/C15H14N2O/c1-9-7-10(2)14(16)11(8-9)15-17-12-5-3-4-6-13(12)18-15/h3-8H,16H2,1-2H3. The van der Waals surface area contributed by atoms with Gasteiger partial charge in [-0.25, -0.2) is 4.98 Å². The predicted octanol–water partition coefficient (Wildman–Crippen LogP) is 3.69. The Morgan fingerprint density at radius 1 is 1.11 bits per heavy atom. The molecule has 2 N–H and O–H groups in total. The Bertz CT molecular complexity index is 695. The van der Waals surface area contributed by atoms with Crippen molar-refractivity contribution in [2.24, 2.45) is 0 Å². The van der Waals surface area contributed by atoms with Gasteiger partial charge in [-0.2, -0.15) is 0 Å². The Balaban J connectivity index is 2.26. The van der Waals surface area contributed by atoms with Crippen LogP contribution in [0, 0.1) is 13.8 Å². The third kappa shape index (κ3) is 1.64. The van der Waals surface area contributed by atoms with E-state index in [0.717, 1.165) is 33.5 Å². The van der Waals surface area contributed by atoms with E-state index in [4.69, 9.17) is 10.2 Å². The molecule has 0 aliphatic carbocycles. The van der Waals surface area contributed by atoms with Gasteiger partial charge in [0.1, 0.15) is 5.52 Å². The van der Waals surface area contributed by atoms with Crippen molar-refractivity contribution in [3.63, 3.8) is 0 Å². The number of rotatable bonds is 1. The van der Waals surface area contributed by atoms with E-state index < -0.39 is 0 Å². The summed E-state index contributed by atoms with van der Waals surface area (Å²) in [5, 5.41) is 0. The second-order valence-corrected chi connectivity index (χ2v) is 4.53. The maximum absolute atomic E-state index is 6.11. The molecule has 0 saturated carbocycles. The molecule has 0 aliphatic rings. The highest BCUT2D eigenvalue weighted by atomic mass is 16.3. The Morgan fingerprint density at radius 3 is 2.67 bits per heavy atom. The van der Waals surface area contributed by atoms with Crippen LogP contribution in [0.25, 0.3) is 22.6 Å². The molecule has 1 aromatic heterocycles. The highest BCUT2D eigenvalue weighted by Gasteiger charge is 2.12. The predicted molar refractivity (Wildman–Crippen MR) is 73.3 cm³/mol. The highest BCUT2D eigenvalue weighted by Crippen LogP contribution is 2.31. The quantitative estimate of drug-likeness (QED) is 0.658. The molecular weight excluding hydrogens is 224 g/mol. The summed E-state index contributed by atoms with van der Waals surface area (Å²) in [7, 11) is 0. The molecule has 0 spiro atoms. The summed E-state index contributed by atoms with van der Waals surface area (Å²) in [6.07, 6.45) is 0. The minimum atomic E-state index is 0.584. The van der Waals surface area contributed by atoms with E-state index in [1.54, 1.807) is 0 Å². The number of nitrogens with zero attached hydrogens (tertiary/aromatic N) is 1. The van der Waals surface area contributed by atoms with Gasteiger partial charge in [0.25, 0.3) is 0 Å². The zero-order chi connectivity index (χ0) is 12.7. The third-order valence-corrected chi connectivity index (χ3v) is 3.06. The van der Waals surface area contributed by atoms with Crippen molar-refractivity contribution in [1.82, 2.24) is 4.98 Å². The van der Waals surface area contributed by atoms with Crippen LogP contribution in [0.4, 0.5) is 5.69 Å². The molecule has 0 unspecified atom stereocenters. The van der Waals surface area contributed by atoms with Gasteiger partial charge in [0.05, 0.1) is 5.56 Å². The minimum Gasteiger partial charge on any atom is -0.436 e. The number of nitrogens with two attached hydrogens (primary N) is 1. The van der Waals surface area contributed by atoms with Crippen molar-refractivity contribution < 1.29 is 4.42 Å². The number of benzene rings is 2. The molecule has 18 heavy (non-hydrogen) atoms. The van der Waals surface area contributed by atoms with Crippen LogP contribution in [0.3, 0.4) is 0 Å². The number of hydrogen-bond acceptors (Lipinski definition) is 3. The number of aromatic nitrogens is 1. The van der Waals surface area contributed by atoms with Gasteiger partial charge in [0, 0.05) is 5.69 Å². The molecule has 90 valence electrons. The fourth-order valence-electron chi connectivity index (χ4n) is 2.14. The summed E-state index contributed by atoms with van der Waals surface area (Å²) in [4.78, 5) is 4.48. The summed E-state index contributed by atoms with van der Waals surface area (Å²) in [6, 6.07) is 11.8. The third-order valence-electron chi connectivity index (χ3n) is 3.06. The number of anilines is 1. The van der Waals surface area contributed by atoms with E-state index in [9.17, 15) is 0 Å². The second kappa shape index (κ2) is 3.88. The maximum Gasteiger partial charge on any atom is 0.229 e. The lowest BCUT2D eigenvalue weighted by atomic mass is 10.0. The molecule has 0 amide bonds. The average molecular weight is 238 g/mol. The minimum absolute atomic E-state index is 0.584. The Labute approximate surface area is 105 Å². The van der Waals surface area contributed by atoms with E-state index in [2.05, 4.69) is 11.1 Å². The molecule has 3 heteroatoms. The number of aryl methyl sites for hydroxylation is 2. The highest BCUT2D eigenvalue weighted by molar-refractivity contribution is 5.80. The lowest BCUT2D eigenvalue weighted by Crippen LogP contribution is -1.95. The van der Waals surface area contributed by atoms with Gasteiger partial charge in [-0.1, -0.05) is 18.2 Å². The van der Waals surface area contributed by atoms with Gasteiger partial charge in [0.2, 0.25) is 5.89 Å². The van der Waals surface area contributed by atoms with Gasteiger partial charge in [-0.3, -0.25) is 0 Å². The van der Waals surface area contributed by atoms with Crippen LogP contribution in [-0.2, 0) is 0 Å². The fraction of sp³-hybridized carbons (Fsp3) is 0.133. The molecular formula is C15H14N2O. The van der Waals surface area contributed by atoms with E-state index in [1.165, 1.54) is 0 Å². The molecule has 2 aromatic carbocycles. The number of para-hydroxylation sites is 2. The zero-order valence-corrected chi connectivity index (χ0v) is 10.4.